The Morgan fingerprint density at radius 1 is 1.68 bits per heavy atom. The first-order valence-electron chi connectivity index (χ1n) is 6.20. The maximum Gasteiger partial charge on any atom is 0.235 e. The number of amides is 1. The molecule has 1 aromatic heterocycles. The van der Waals surface area contributed by atoms with E-state index in [1.165, 1.54) is 0 Å². The van der Waals surface area contributed by atoms with Gasteiger partial charge in [-0.05, 0) is 25.0 Å². The van der Waals surface area contributed by atoms with E-state index in [0.29, 0.717) is 17.9 Å². The number of pyridine rings is 1. The molecule has 1 N–H and O–H groups in total. The van der Waals surface area contributed by atoms with Crippen LogP contribution in [0, 0.1) is 11.3 Å². The number of nitriles is 1. The van der Waals surface area contributed by atoms with Crippen LogP contribution >= 0.6 is 11.6 Å². The second kappa shape index (κ2) is 6.39. The van der Waals surface area contributed by atoms with Gasteiger partial charge in [-0.1, -0.05) is 0 Å². The van der Waals surface area contributed by atoms with E-state index in [0.717, 1.165) is 19.4 Å². The Morgan fingerprint density at radius 2 is 2.53 bits per heavy atom. The minimum Gasteiger partial charge on any atom is -0.353 e. The highest BCUT2D eigenvalue weighted by Gasteiger charge is 2.23. The summed E-state index contributed by atoms with van der Waals surface area (Å²) in [5.41, 5.74) is 0.562. The van der Waals surface area contributed by atoms with E-state index in [4.69, 9.17) is 16.9 Å². The molecule has 1 amide bonds. The van der Waals surface area contributed by atoms with Crippen molar-refractivity contribution in [3.63, 3.8) is 0 Å². The van der Waals surface area contributed by atoms with Crippen LogP contribution < -0.4 is 10.2 Å². The standard InChI is InChI=1S/C13H15ClN4O/c14-7-12(19)17-11-4-2-6-18(9-11)13-10(8-15)3-1-5-16-13/h1,3,5,11H,2,4,6-7,9H2,(H,17,19)/t11-/m1/s1. The largest absolute Gasteiger partial charge is 0.353 e. The quantitative estimate of drug-likeness (QED) is 0.846. The van der Waals surface area contributed by atoms with Crippen molar-refractivity contribution >= 4 is 23.3 Å². The molecule has 1 aromatic rings. The third-order valence-electron chi connectivity index (χ3n) is 3.11. The summed E-state index contributed by atoms with van der Waals surface area (Å²) >= 11 is 5.49. The van der Waals surface area contributed by atoms with Crippen LogP contribution in [0.15, 0.2) is 18.3 Å². The zero-order valence-electron chi connectivity index (χ0n) is 10.5. The summed E-state index contributed by atoms with van der Waals surface area (Å²) < 4.78 is 0. The lowest BCUT2D eigenvalue weighted by Gasteiger charge is -2.34. The van der Waals surface area contributed by atoms with Crippen molar-refractivity contribution in [1.29, 1.82) is 5.26 Å². The predicted molar refractivity (Wildman–Crippen MR) is 73.0 cm³/mol. The summed E-state index contributed by atoms with van der Waals surface area (Å²) in [6.07, 6.45) is 3.56. The molecule has 0 unspecified atom stereocenters. The van der Waals surface area contributed by atoms with Gasteiger partial charge in [0.25, 0.3) is 0 Å². The van der Waals surface area contributed by atoms with E-state index in [2.05, 4.69) is 16.4 Å². The Labute approximate surface area is 117 Å². The van der Waals surface area contributed by atoms with Crippen LogP contribution in [0.25, 0.3) is 0 Å². The first-order chi connectivity index (χ1) is 9.24. The molecule has 0 spiro atoms. The van der Waals surface area contributed by atoms with E-state index in [9.17, 15) is 4.79 Å². The second-order valence-electron chi connectivity index (χ2n) is 4.47. The fourth-order valence-electron chi connectivity index (χ4n) is 2.29. The van der Waals surface area contributed by atoms with E-state index < -0.39 is 0 Å². The average Bonchev–Trinajstić information content (AvgIpc) is 2.47. The van der Waals surface area contributed by atoms with Gasteiger partial charge in [0.05, 0.1) is 5.56 Å². The van der Waals surface area contributed by atoms with Gasteiger partial charge in [0.2, 0.25) is 5.91 Å². The summed E-state index contributed by atoms with van der Waals surface area (Å²) in [6.45, 7) is 1.51. The number of anilines is 1. The molecule has 6 heteroatoms. The number of carbonyl (C=O) groups is 1. The molecule has 2 heterocycles. The lowest BCUT2D eigenvalue weighted by atomic mass is 10.1. The molecule has 5 nitrogen and oxygen atoms in total. The van der Waals surface area contributed by atoms with Crippen molar-refractivity contribution in [2.45, 2.75) is 18.9 Å². The van der Waals surface area contributed by atoms with Crippen LogP contribution in [0.4, 0.5) is 5.82 Å². The molecule has 0 aliphatic carbocycles. The normalized spacial score (nSPS) is 18.7. The van der Waals surface area contributed by atoms with Gasteiger partial charge in [0.15, 0.2) is 0 Å². The lowest BCUT2D eigenvalue weighted by molar-refractivity contribution is -0.119. The summed E-state index contributed by atoms with van der Waals surface area (Å²) in [7, 11) is 0. The molecule has 1 saturated heterocycles. The summed E-state index contributed by atoms with van der Waals surface area (Å²) in [4.78, 5) is 17.6. The third kappa shape index (κ3) is 3.36. The minimum absolute atomic E-state index is 0.0243. The van der Waals surface area contributed by atoms with Crippen molar-refractivity contribution < 1.29 is 4.79 Å². The van der Waals surface area contributed by atoms with Gasteiger partial charge in [-0.25, -0.2) is 4.98 Å². The number of rotatable bonds is 3. The van der Waals surface area contributed by atoms with Crippen LogP contribution in [-0.4, -0.2) is 35.9 Å². The zero-order chi connectivity index (χ0) is 13.7. The van der Waals surface area contributed by atoms with Crippen LogP contribution in [0.2, 0.25) is 0 Å². The van der Waals surface area contributed by atoms with E-state index in [1.54, 1.807) is 18.3 Å². The first-order valence-corrected chi connectivity index (χ1v) is 6.73. The summed E-state index contributed by atoms with van der Waals surface area (Å²) in [6, 6.07) is 5.71. The van der Waals surface area contributed by atoms with Crippen molar-refractivity contribution in [3.05, 3.63) is 23.9 Å². The Kier molecular flexibility index (Phi) is 4.58. The number of piperidine rings is 1. The van der Waals surface area contributed by atoms with Crippen molar-refractivity contribution in [1.82, 2.24) is 10.3 Å². The third-order valence-corrected chi connectivity index (χ3v) is 3.36. The number of nitrogens with zero attached hydrogens (tertiary/aromatic N) is 3. The molecule has 1 aliphatic rings. The number of aromatic nitrogens is 1. The Balaban J connectivity index is 2.09. The molecule has 0 bridgehead atoms. The van der Waals surface area contributed by atoms with Crippen molar-refractivity contribution in [3.8, 4) is 6.07 Å². The highest BCUT2D eigenvalue weighted by Crippen LogP contribution is 2.21. The smallest absolute Gasteiger partial charge is 0.235 e. The SMILES string of the molecule is N#Cc1cccnc1N1CCC[C@@H](NC(=O)CCl)C1. The highest BCUT2D eigenvalue weighted by atomic mass is 35.5. The number of hydrogen-bond donors (Lipinski definition) is 1. The zero-order valence-corrected chi connectivity index (χ0v) is 11.2. The molecule has 0 saturated carbocycles. The number of halogens is 1. The molecule has 1 aliphatic heterocycles. The van der Waals surface area contributed by atoms with E-state index in [-0.39, 0.29) is 17.8 Å². The van der Waals surface area contributed by atoms with Crippen molar-refractivity contribution in [2.24, 2.45) is 0 Å². The van der Waals surface area contributed by atoms with Crippen LogP contribution in [0.5, 0.6) is 0 Å². The molecule has 0 radical (unpaired) electrons. The first kappa shape index (κ1) is 13.6. The molecule has 19 heavy (non-hydrogen) atoms. The number of hydrogen-bond acceptors (Lipinski definition) is 4. The monoisotopic (exact) mass is 278 g/mol. The van der Waals surface area contributed by atoms with E-state index >= 15 is 0 Å². The van der Waals surface area contributed by atoms with Gasteiger partial charge >= 0.3 is 0 Å². The second-order valence-corrected chi connectivity index (χ2v) is 4.74. The lowest BCUT2D eigenvalue weighted by Crippen LogP contribution is -2.48. The maximum absolute atomic E-state index is 11.3. The van der Waals surface area contributed by atoms with Crippen LogP contribution in [0.1, 0.15) is 18.4 Å². The minimum atomic E-state index is -0.157. The fourth-order valence-corrected chi connectivity index (χ4v) is 2.37. The average molecular weight is 279 g/mol. The van der Waals surface area contributed by atoms with Crippen LogP contribution in [-0.2, 0) is 4.79 Å². The number of carbonyl (C=O) groups excluding carboxylic acids is 1. The predicted octanol–water partition coefficient (Wildman–Crippen LogP) is 1.28. The Hall–Kier alpha value is -1.80. The van der Waals surface area contributed by atoms with Gasteiger partial charge in [-0.3, -0.25) is 4.79 Å². The Morgan fingerprint density at radius 3 is 3.26 bits per heavy atom. The topological polar surface area (TPSA) is 69.0 Å². The number of nitrogens with one attached hydrogen (secondary N) is 1. The van der Waals surface area contributed by atoms with Gasteiger partial charge in [-0.15, -0.1) is 11.6 Å². The molecule has 0 aromatic carbocycles. The molecule has 1 fully saturated rings. The molecular formula is C13H15ClN4O. The molecular weight excluding hydrogens is 264 g/mol. The fraction of sp³-hybridized carbons (Fsp3) is 0.462. The Bertz CT molecular complexity index is 500. The molecule has 100 valence electrons. The summed E-state index contributed by atoms with van der Waals surface area (Å²) in [5.74, 6) is 0.508. The van der Waals surface area contributed by atoms with E-state index in [1.807, 2.05) is 4.90 Å². The summed E-state index contributed by atoms with van der Waals surface area (Å²) in [5, 5.41) is 12.0. The van der Waals surface area contributed by atoms with Gasteiger partial charge < -0.3 is 10.2 Å². The van der Waals surface area contributed by atoms with Crippen molar-refractivity contribution in [2.75, 3.05) is 23.9 Å². The van der Waals surface area contributed by atoms with Gasteiger partial charge in [0, 0.05) is 25.3 Å². The molecule has 1 atom stereocenters. The molecule has 2 rings (SSSR count). The van der Waals surface area contributed by atoms with Gasteiger partial charge in [0.1, 0.15) is 17.8 Å². The highest BCUT2D eigenvalue weighted by molar-refractivity contribution is 6.27. The number of alkyl halides is 1. The van der Waals surface area contributed by atoms with Crippen LogP contribution in [0.3, 0.4) is 0 Å². The van der Waals surface area contributed by atoms with Gasteiger partial charge in [-0.2, -0.15) is 5.26 Å². The maximum atomic E-state index is 11.3.